The zero-order valence-corrected chi connectivity index (χ0v) is 4.95. The van der Waals surface area contributed by atoms with Gasteiger partial charge in [-0.1, -0.05) is 6.85 Å². The van der Waals surface area contributed by atoms with Crippen molar-refractivity contribution in [2.45, 2.75) is 13.2 Å². The Balaban J connectivity index is 5.30. The zero-order chi connectivity index (χ0) is 12.0. The third-order valence-corrected chi connectivity index (χ3v) is 0.391. The summed E-state index contributed by atoms with van der Waals surface area (Å²) in [5.41, 5.74) is 0. The van der Waals surface area contributed by atoms with Crippen LogP contribution in [0.25, 0.3) is 0 Å². The molecule has 0 aliphatic rings. The van der Waals surface area contributed by atoms with Crippen LogP contribution in [0, 0.1) is 0 Å². The summed E-state index contributed by atoms with van der Waals surface area (Å²) in [4.78, 5) is 0. The topological polar surface area (TPSA) is 0 Å². The molecule has 0 aliphatic heterocycles. The maximum Gasteiger partial charge on any atom is 0.0924 e. The van der Waals surface area contributed by atoms with Crippen LogP contribution in [0.5, 0.6) is 0 Å². The second-order valence-corrected chi connectivity index (χ2v) is 2.25. The fourth-order valence-electron chi connectivity index (χ4n) is 0.168. The van der Waals surface area contributed by atoms with Gasteiger partial charge in [-0.15, -0.1) is 0 Å². The van der Waals surface area contributed by atoms with Crippen molar-refractivity contribution in [3.05, 3.63) is 0 Å². The summed E-state index contributed by atoms with van der Waals surface area (Å²) in [6.45, 7) is -5.44. The van der Waals surface area contributed by atoms with Gasteiger partial charge in [0, 0.05) is 6.85 Å². The van der Waals surface area contributed by atoms with Gasteiger partial charge in [0.05, 0.1) is 30.4 Å². The molecule has 1 heteroatoms. The summed E-state index contributed by atoms with van der Waals surface area (Å²) >= 11 is 0. The van der Waals surface area contributed by atoms with E-state index in [1.54, 1.807) is 0 Å². The number of nitrogens with zero attached hydrogens (tertiary/aromatic N) is 1. The minimum atomic E-state index is -2.97. The Kier molecular flexibility index (Phi) is 0.487. The molecule has 0 saturated heterocycles. The number of hydrogen-bond acceptors (Lipinski definition) is 0. The van der Waals surface area contributed by atoms with Gasteiger partial charge in [-0.25, -0.2) is 0 Å². The fraction of sp³-hybridized carbons (Fsp3) is 1.00. The van der Waals surface area contributed by atoms with Crippen LogP contribution in [0.15, 0.2) is 0 Å². The molecule has 0 unspecified atom stereocenters. The second-order valence-electron chi connectivity index (χ2n) is 2.25. The van der Waals surface area contributed by atoms with Crippen LogP contribution in [0.4, 0.5) is 0 Å². The van der Waals surface area contributed by atoms with Crippen LogP contribution in [0.1, 0.15) is 22.8 Å². The van der Waals surface area contributed by atoms with Crippen molar-refractivity contribution in [2.75, 3.05) is 27.6 Å². The maximum atomic E-state index is 7.54. The smallest absolute Gasteiger partial charge is 0.0924 e. The molecule has 7 heavy (non-hydrogen) atoms. The van der Waals surface area contributed by atoms with E-state index < -0.39 is 24.2 Å². The van der Waals surface area contributed by atoms with Crippen molar-refractivity contribution in [3.8, 4) is 0 Å². The average molecular weight is 109 g/mol. The molecule has 0 fully saturated rings. The fourth-order valence-corrected chi connectivity index (χ4v) is 0.168. The van der Waals surface area contributed by atoms with E-state index in [1.165, 1.54) is 21.1 Å². The Morgan fingerprint density at radius 2 is 2.14 bits per heavy atom. The Bertz CT molecular complexity index is 187. The minimum Gasteiger partial charge on any atom is -0.331 e. The van der Waals surface area contributed by atoms with Crippen LogP contribution in [0.2, 0.25) is 0 Å². The summed E-state index contributed by atoms with van der Waals surface area (Å²) in [5.74, 6) is 0. The third kappa shape index (κ3) is 5.96. The SMILES string of the molecule is [2H]C([2H])([2H])C([2H])([2H])C([2H])([2H])[N+](C)(C)C. The molecule has 44 valence electrons. The Morgan fingerprint density at radius 3 is 2.29 bits per heavy atom. The highest BCUT2D eigenvalue weighted by Gasteiger charge is 2.01. The number of quaternary nitrogens is 1. The van der Waals surface area contributed by atoms with E-state index in [0.717, 1.165) is 0 Å². The number of rotatable bonds is 2. The standard InChI is InChI=1S/C6H16N/c1-5-6-7(2,3)4/h5-6H2,1-4H3/q+1/i1D3,5D2,6D2. The lowest BCUT2D eigenvalue weighted by atomic mass is 10.4. The van der Waals surface area contributed by atoms with Gasteiger partial charge in [0.15, 0.2) is 0 Å². The van der Waals surface area contributed by atoms with Crippen LogP contribution < -0.4 is 0 Å². The van der Waals surface area contributed by atoms with E-state index in [0.29, 0.717) is 0 Å². The van der Waals surface area contributed by atoms with E-state index in [9.17, 15) is 0 Å². The second kappa shape index (κ2) is 2.31. The van der Waals surface area contributed by atoms with E-state index >= 15 is 0 Å². The van der Waals surface area contributed by atoms with Gasteiger partial charge < -0.3 is 4.48 Å². The summed E-state index contributed by atoms with van der Waals surface area (Å²) < 4.78 is 50.3. The molecule has 0 N–H and O–H groups in total. The van der Waals surface area contributed by atoms with Crippen molar-refractivity contribution in [1.29, 1.82) is 0 Å². The largest absolute Gasteiger partial charge is 0.331 e. The van der Waals surface area contributed by atoms with Crippen molar-refractivity contribution in [2.24, 2.45) is 0 Å². The lowest BCUT2D eigenvalue weighted by Gasteiger charge is -2.22. The van der Waals surface area contributed by atoms with Gasteiger partial charge in [0.1, 0.15) is 0 Å². The van der Waals surface area contributed by atoms with Crippen molar-refractivity contribution in [3.63, 3.8) is 0 Å². The predicted octanol–water partition coefficient (Wildman–Crippen LogP) is 1.10. The van der Waals surface area contributed by atoms with Gasteiger partial charge in [0.25, 0.3) is 0 Å². The molecular weight excluding hydrogens is 86.1 g/mol. The molecule has 0 rings (SSSR count). The summed E-state index contributed by atoms with van der Waals surface area (Å²) in [6.07, 6.45) is -2.88. The normalized spacial score (nSPS) is 32.7. The molecule has 0 spiro atoms. The van der Waals surface area contributed by atoms with Gasteiger partial charge in [0.2, 0.25) is 0 Å². The van der Waals surface area contributed by atoms with Crippen LogP contribution in [0.3, 0.4) is 0 Å². The molecule has 0 atom stereocenters. The summed E-state index contributed by atoms with van der Waals surface area (Å²) in [5, 5.41) is 0. The Labute approximate surface area is 56.4 Å². The van der Waals surface area contributed by atoms with Crippen LogP contribution in [-0.2, 0) is 0 Å². The van der Waals surface area contributed by atoms with Gasteiger partial charge in [-0.2, -0.15) is 0 Å². The van der Waals surface area contributed by atoms with E-state index in [2.05, 4.69) is 0 Å². The molecular formula is C6H16N+. The minimum absolute atomic E-state index is 0.404. The maximum absolute atomic E-state index is 7.54. The molecule has 0 bridgehead atoms. The number of hydrogen-bond donors (Lipinski definition) is 0. The lowest BCUT2D eigenvalue weighted by molar-refractivity contribution is -0.870. The van der Waals surface area contributed by atoms with E-state index in [4.69, 9.17) is 9.60 Å². The monoisotopic (exact) mass is 109 g/mol. The van der Waals surface area contributed by atoms with Crippen molar-refractivity contribution >= 4 is 0 Å². The zero-order valence-electron chi connectivity index (χ0n) is 11.9. The van der Waals surface area contributed by atoms with Gasteiger partial charge in [-0.3, -0.25) is 0 Å². The molecule has 1 nitrogen and oxygen atoms in total. The highest BCUT2D eigenvalue weighted by molar-refractivity contribution is 4.20. The van der Waals surface area contributed by atoms with Crippen LogP contribution in [-0.4, -0.2) is 32.1 Å². The first-order valence-electron chi connectivity index (χ1n) is 5.57. The lowest BCUT2D eigenvalue weighted by Crippen LogP contribution is -2.34. The molecule has 0 radical (unpaired) electrons. The first-order valence-corrected chi connectivity index (χ1v) is 2.07. The molecule has 0 amide bonds. The first kappa shape index (κ1) is 1.47. The summed E-state index contributed by atoms with van der Waals surface area (Å²) in [6, 6.07) is 0. The van der Waals surface area contributed by atoms with Gasteiger partial charge in [-0.05, 0) is 6.37 Å². The molecule has 0 saturated carbocycles. The Morgan fingerprint density at radius 1 is 1.57 bits per heavy atom. The molecule has 0 aromatic heterocycles. The predicted molar refractivity (Wildman–Crippen MR) is 33.2 cm³/mol. The summed E-state index contributed by atoms with van der Waals surface area (Å²) in [7, 11) is 4.26. The van der Waals surface area contributed by atoms with Crippen molar-refractivity contribution < 1.29 is 14.1 Å². The highest BCUT2D eigenvalue weighted by atomic mass is 15.3. The van der Waals surface area contributed by atoms with Gasteiger partial charge >= 0.3 is 0 Å². The molecule has 0 aliphatic carbocycles. The molecule has 0 aromatic carbocycles. The third-order valence-electron chi connectivity index (χ3n) is 0.391. The highest BCUT2D eigenvalue weighted by Crippen LogP contribution is 1.90. The quantitative estimate of drug-likeness (QED) is 0.466. The van der Waals surface area contributed by atoms with Crippen LogP contribution >= 0.6 is 0 Å². The Hall–Kier alpha value is -0.0400. The molecule has 0 heterocycles. The average Bonchev–Trinajstić information content (AvgIpc) is 1.81. The van der Waals surface area contributed by atoms with E-state index in [-0.39, 0.29) is 0 Å². The van der Waals surface area contributed by atoms with E-state index in [1.807, 2.05) is 0 Å². The molecule has 0 aromatic rings. The first-order chi connectivity index (χ1) is 5.75. The van der Waals surface area contributed by atoms with Crippen molar-refractivity contribution in [1.82, 2.24) is 0 Å².